The van der Waals surface area contributed by atoms with Crippen LogP contribution in [0.1, 0.15) is 38.3 Å². The van der Waals surface area contributed by atoms with Crippen molar-refractivity contribution in [2.75, 3.05) is 26.4 Å². The predicted octanol–water partition coefficient (Wildman–Crippen LogP) is 1.95. The largest absolute Gasteiger partial charge is 0.492 e. The molecule has 3 aliphatic heterocycles. The second kappa shape index (κ2) is 10.1. The monoisotopic (exact) mass is 459 g/mol. The molecule has 174 valence electrons. The van der Waals surface area contributed by atoms with Gasteiger partial charge in [-0.15, -0.1) is 11.8 Å². The summed E-state index contributed by atoms with van der Waals surface area (Å²) in [4.78, 5) is 14.0. The topological polar surface area (TPSA) is 116 Å². The van der Waals surface area contributed by atoms with Crippen LogP contribution >= 0.6 is 11.8 Å². The number of hydrogen-bond acceptors (Lipinski definition) is 10. The molecule has 9 nitrogen and oxygen atoms in total. The lowest BCUT2D eigenvalue weighted by atomic mass is 10.0. The summed E-state index contributed by atoms with van der Waals surface area (Å²) in [5.41, 5.74) is 10.4. The Labute approximate surface area is 193 Å². The van der Waals surface area contributed by atoms with Gasteiger partial charge in [0.2, 0.25) is 0 Å². The standard InChI is InChI=1S/C22H33N7O2S/c1-13(2)26-21(27-14(3)23)22-28-20-16-5-4-15(10-18(16)31-9-6-19(20)32-22)17-11-24-12-29(17)8-7-25-30/h4-5,10-11,13-14,21-22,24,26-28H,6-9,12,23H2,1-3H3. The van der Waals surface area contributed by atoms with Crippen molar-refractivity contribution < 1.29 is 4.74 Å². The lowest BCUT2D eigenvalue weighted by Gasteiger charge is -2.30. The lowest BCUT2D eigenvalue weighted by Crippen LogP contribution is -2.59. The summed E-state index contributed by atoms with van der Waals surface area (Å²) in [7, 11) is 0. The van der Waals surface area contributed by atoms with Crippen LogP contribution in [0.2, 0.25) is 0 Å². The molecule has 3 unspecified atom stereocenters. The summed E-state index contributed by atoms with van der Waals surface area (Å²) in [6, 6.07) is 6.66. The minimum absolute atomic E-state index is 0.0327. The normalized spacial score (nSPS) is 21.7. The van der Waals surface area contributed by atoms with Gasteiger partial charge in [0.05, 0.1) is 43.5 Å². The molecule has 1 aromatic carbocycles. The zero-order valence-corrected chi connectivity index (χ0v) is 19.7. The number of nitroso groups, excluding NO2 is 1. The summed E-state index contributed by atoms with van der Waals surface area (Å²) in [5.74, 6) is 0.871. The van der Waals surface area contributed by atoms with Crippen molar-refractivity contribution in [2.24, 2.45) is 10.9 Å². The van der Waals surface area contributed by atoms with E-state index in [1.54, 1.807) is 0 Å². The van der Waals surface area contributed by atoms with Gasteiger partial charge in [-0.25, -0.2) is 0 Å². The quantitative estimate of drug-likeness (QED) is 0.279. The number of nitrogens with one attached hydrogen (secondary N) is 4. The van der Waals surface area contributed by atoms with E-state index in [1.807, 2.05) is 24.9 Å². The molecule has 0 saturated carbocycles. The number of benzene rings is 1. The highest BCUT2D eigenvalue weighted by Crippen LogP contribution is 2.43. The average molecular weight is 460 g/mol. The summed E-state index contributed by atoms with van der Waals surface area (Å²) in [6.45, 7) is 8.40. The second-order valence-electron chi connectivity index (χ2n) is 8.55. The van der Waals surface area contributed by atoms with Gasteiger partial charge in [-0.2, -0.15) is 4.91 Å². The Bertz CT molecular complexity index is 892. The summed E-state index contributed by atoms with van der Waals surface area (Å²) in [6.07, 6.45) is 2.76. The summed E-state index contributed by atoms with van der Waals surface area (Å²) in [5, 5.41) is 17.1. The van der Waals surface area contributed by atoms with Gasteiger partial charge in [-0.1, -0.05) is 11.2 Å². The molecule has 1 aromatic rings. The van der Waals surface area contributed by atoms with E-state index in [4.69, 9.17) is 10.5 Å². The molecule has 3 heterocycles. The highest BCUT2D eigenvalue weighted by atomic mass is 32.2. The minimum atomic E-state index is -0.113. The third kappa shape index (κ3) is 5.03. The predicted molar refractivity (Wildman–Crippen MR) is 130 cm³/mol. The number of thioether (sulfide) groups is 1. The summed E-state index contributed by atoms with van der Waals surface area (Å²) < 4.78 is 6.15. The molecule has 6 N–H and O–H groups in total. The molecular weight excluding hydrogens is 426 g/mol. The zero-order valence-electron chi connectivity index (χ0n) is 18.9. The molecule has 10 heteroatoms. The Morgan fingerprint density at radius 2 is 2.19 bits per heavy atom. The smallest absolute Gasteiger partial charge is 0.129 e. The average Bonchev–Trinajstić information content (AvgIpc) is 3.35. The molecule has 0 saturated heterocycles. The van der Waals surface area contributed by atoms with Crippen LogP contribution in [-0.4, -0.2) is 55.0 Å². The highest BCUT2D eigenvalue weighted by Gasteiger charge is 2.34. The first-order chi connectivity index (χ1) is 15.5. The maximum absolute atomic E-state index is 10.6. The Morgan fingerprint density at radius 1 is 1.34 bits per heavy atom. The summed E-state index contributed by atoms with van der Waals surface area (Å²) >= 11 is 1.84. The van der Waals surface area contributed by atoms with Gasteiger partial charge in [0.15, 0.2) is 0 Å². The van der Waals surface area contributed by atoms with Gasteiger partial charge in [0, 0.05) is 41.2 Å². The molecule has 0 bridgehead atoms. The van der Waals surface area contributed by atoms with Gasteiger partial charge in [0.1, 0.15) is 11.1 Å². The third-order valence-electron chi connectivity index (χ3n) is 5.55. The van der Waals surface area contributed by atoms with Crippen LogP contribution in [0, 0.1) is 4.91 Å². The van der Waals surface area contributed by atoms with Crippen LogP contribution in [0.4, 0.5) is 0 Å². The van der Waals surface area contributed by atoms with E-state index < -0.39 is 0 Å². The maximum atomic E-state index is 10.6. The van der Waals surface area contributed by atoms with Crippen LogP contribution in [0.25, 0.3) is 11.4 Å². The Hall–Kier alpha value is -2.27. The van der Waals surface area contributed by atoms with E-state index in [-0.39, 0.29) is 24.3 Å². The van der Waals surface area contributed by atoms with E-state index in [2.05, 4.69) is 63.4 Å². The molecule has 0 radical (unpaired) electrons. The molecular formula is C22H33N7O2S. The number of rotatable bonds is 9. The fraction of sp³-hybridized carbons (Fsp3) is 0.545. The Balaban J connectivity index is 1.55. The Morgan fingerprint density at radius 3 is 2.94 bits per heavy atom. The van der Waals surface area contributed by atoms with Crippen LogP contribution in [0.3, 0.4) is 0 Å². The molecule has 0 aliphatic carbocycles. The minimum Gasteiger partial charge on any atom is -0.492 e. The van der Waals surface area contributed by atoms with Crippen molar-refractivity contribution >= 4 is 23.2 Å². The van der Waals surface area contributed by atoms with Crippen molar-refractivity contribution in [3.63, 3.8) is 0 Å². The molecule has 3 atom stereocenters. The van der Waals surface area contributed by atoms with Crippen molar-refractivity contribution in [2.45, 2.75) is 50.9 Å². The number of nitrogens with zero attached hydrogens (tertiary/aromatic N) is 2. The van der Waals surface area contributed by atoms with Crippen molar-refractivity contribution in [1.29, 1.82) is 0 Å². The lowest BCUT2D eigenvalue weighted by molar-refractivity contribution is 0.324. The van der Waals surface area contributed by atoms with Gasteiger partial charge in [0.25, 0.3) is 0 Å². The molecule has 4 rings (SSSR count). The third-order valence-corrected chi connectivity index (χ3v) is 6.89. The molecule has 0 fully saturated rings. The zero-order chi connectivity index (χ0) is 22.7. The SMILES string of the molecule is CC(C)NC(NC(C)N)C1NC2=C(CCOc3cc(C4=CNCN4CCN=O)ccc32)S1. The van der Waals surface area contributed by atoms with E-state index in [0.29, 0.717) is 25.9 Å². The van der Waals surface area contributed by atoms with Crippen LogP contribution in [0.5, 0.6) is 5.75 Å². The Kier molecular flexibility index (Phi) is 7.24. The molecule has 0 aromatic heterocycles. The van der Waals surface area contributed by atoms with Gasteiger partial charge in [-0.3, -0.25) is 10.6 Å². The maximum Gasteiger partial charge on any atom is 0.129 e. The first kappa shape index (κ1) is 22.9. The molecule has 0 spiro atoms. The van der Waals surface area contributed by atoms with Crippen LogP contribution < -0.4 is 31.7 Å². The van der Waals surface area contributed by atoms with E-state index >= 15 is 0 Å². The first-order valence-corrected chi connectivity index (χ1v) is 12.0. The van der Waals surface area contributed by atoms with Gasteiger partial charge < -0.3 is 26.0 Å². The fourth-order valence-electron chi connectivity index (χ4n) is 4.21. The number of fused-ring (bicyclic) bond motifs is 2. The van der Waals surface area contributed by atoms with Gasteiger partial charge >= 0.3 is 0 Å². The molecule has 0 amide bonds. The van der Waals surface area contributed by atoms with Crippen LogP contribution in [0.15, 0.2) is 34.5 Å². The second-order valence-corrected chi connectivity index (χ2v) is 9.79. The molecule has 32 heavy (non-hydrogen) atoms. The van der Waals surface area contributed by atoms with Crippen LogP contribution in [-0.2, 0) is 0 Å². The first-order valence-electron chi connectivity index (χ1n) is 11.2. The van der Waals surface area contributed by atoms with Crippen molar-refractivity contribution in [3.05, 3.63) is 45.3 Å². The van der Waals surface area contributed by atoms with E-state index in [9.17, 15) is 4.91 Å². The number of nitrogens with two attached hydrogens (primary N) is 1. The highest BCUT2D eigenvalue weighted by molar-refractivity contribution is 8.04. The number of hydrogen-bond donors (Lipinski definition) is 5. The van der Waals surface area contributed by atoms with Crippen molar-refractivity contribution in [3.8, 4) is 5.75 Å². The van der Waals surface area contributed by atoms with Gasteiger partial charge in [-0.05, 0) is 32.9 Å². The molecule has 3 aliphatic rings. The number of ether oxygens (including phenoxy) is 1. The van der Waals surface area contributed by atoms with E-state index in [1.165, 1.54) is 4.91 Å². The fourth-order valence-corrected chi connectivity index (χ4v) is 5.47. The van der Waals surface area contributed by atoms with Crippen molar-refractivity contribution in [1.82, 2.24) is 26.2 Å². The van der Waals surface area contributed by atoms with E-state index in [0.717, 1.165) is 34.7 Å².